The number of hydrogen-bond donors (Lipinski definition) is 1. The van der Waals surface area contributed by atoms with Crippen molar-refractivity contribution in [3.05, 3.63) is 0 Å². The van der Waals surface area contributed by atoms with Crippen LogP contribution in [0.25, 0.3) is 0 Å². The van der Waals surface area contributed by atoms with E-state index in [1.54, 1.807) is 0 Å². The van der Waals surface area contributed by atoms with Crippen LogP contribution in [0.1, 0.15) is 44.9 Å². The number of sulfonamides is 1. The number of ether oxygens (including phenoxy) is 1. The standard InChI is InChI=1S/C14H23NO6S/c1-21-13(18)14(7-3-2-4-8-14)10-22(19,20)15-9-5-6-11(15)12(16)17/h11H,2-10H2,1H3,(H,16,17)/t11-/m1/s1. The molecule has 0 bridgehead atoms. The molecule has 22 heavy (non-hydrogen) atoms. The lowest BCUT2D eigenvalue weighted by molar-refractivity contribution is -0.153. The molecule has 1 aliphatic carbocycles. The normalized spacial score (nSPS) is 25.8. The Balaban J connectivity index is 2.24. The van der Waals surface area contributed by atoms with E-state index in [9.17, 15) is 23.1 Å². The summed E-state index contributed by atoms with van der Waals surface area (Å²) in [6.07, 6.45) is 4.34. The van der Waals surface area contributed by atoms with Crippen LogP contribution in [0.2, 0.25) is 0 Å². The maximum Gasteiger partial charge on any atom is 0.322 e. The molecule has 8 heteroatoms. The molecule has 0 spiro atoms. The third-order valence-corrected chi connectivity index (χ3v) is 6.80. The molecular formula is C14H23NO6S. The van der Waals surface area contributed by atoms with Gasteiger partial charge in [0.2, 0.25) is 10.0 Å². The highest BCUT2D eigenvalue weighted by Gasteiger charge is 2.48. The van der Waals surface area contributed by atoms with Crippen molar-refractivity contribution in [2.24, 2.45) is 5.41 Å². The number of rotatable bonds is 5. The molecule has 1 N–H and O–H groups in total. The third kappa shape index (κ3) is 3.27. The largest absolute Gasteiger partial charge is 0.480 e. The maximum atomic E-state index is 12.7. The summed E-state index contributed by atoms with van der Waals surface area (Å²) in [7, 11) is -2.55. The van der Waals surface area contributed by atoms with Crippen molar-refractivity contribution in [2.45, 2.75) is 51.0 Å². The Morgan fingerprint density at radius 3 is 2.41 bits per heavy atom. The number of nitrogens with zero attached hydrogens (tertiary/aromatic N) is 1. The lowest BCUT2D eigenvalue weighted by Gasteiger charge is -2.35. The first-order valence-electron chi connectivity index (χ1n) is 7.63. The zero-order valence-electron chi connectivity index (χ0n) is 12.8. The lowest BCUT2D eigenvalue weighted by atomic mass is 9.75. The summed E-state index contributed by atoms with van der Waals surface area (Å²) in [5.74, 6) is -1.98. The number of hydrogen-bond acceptors (Lipinski definition) is 5. The van der Waals surface area contributed by atoms with Gasteiger partial charge in [-0.1, -0.05) is 19.3 Å². The molecule has 2 aliphatic rings. The van der Waals surface area contributed by atoms with Crippen molar-refractivity contribution < 1.29 is 27.9 Å². The summed E-state index contributed by atoms with van der Waals surface area (Å²) in [5, 5.41) is 9.17. The van der Waals surface area contributed by atoms with Gasteiger partial charge in [-0.15, -0.1) is 0 Å². The van der Waals surface area contributed by atoms with E-state index in [2.05, 4.69) is 0 Å². The molecule has 0 aromatic rings. The first-order chi connectivity index (χ1) is 10.3. The minimum atomic E-state index is -3.82. The van der Waals surface area contributed by atoms with Gasteiger partial charge in [0.1, 0.15) is 6.04 Å². The van der Waals surface area contributed by atoms with Gasteiger partial charge < -0.3 is 9.84 Å². The maximum absolute atomic E-state index is 12.7. The topological polar surface area (TPSA) is 101 Å². The van der Waals surface area contributed by atoms with Gasteiger partial charge in [0.05, 0.1) is 18.3 Å². The Bertz CT molecular complexity index is 538. The van der Waals surface area contributed by atoms with Crippen LogP contribution in [0.5, 0.6) is 0 Å². The van der Waals surface area contributed by atoms with Gasteiger partial charge in [-0.2, -0.15) is 4.31 Å². The monoisotopic (exact) mass is 333 g/mol. The van der Waals surface area contributed by atoms with E-state index in [1.807, 2.05) is 0 Å². The first kappa shape index (κ1) is 17.2. The number of carbonyl (C=O) groups excluding carboxylic acids is 1. The second-order valence-corrected chi connectivity index (χ2v) is 8.12. The van der Waals surface area contributed by atoms with Crippen molar-refractivity contribution in [1.29, 1.82) is 0 Å². The summed E-state index contributed by atoms with van der Waals surface area (Å²) in [6, 6.07) is -1.01. The van der Waals surface area contributed by atoms with Crippen molar-refractivity contribution in [2.75, 3.05) is 19.4 Å². The van der Waals surface area contributed by atoms with Crippen molar-refractivity contribution in [3.8, 4) is 0 Å². The van der Waals surface area contributed by atoms with E-state index >= 15 is 0 Å². The predicted molar refractivity (Wildman–Crippen MR) is 78.7 cm³/mol. The first-order valence-corrected chi connectivity index (χ1v) is 9.24. The van der Waals surface area contributed by atoms with Crippen LogP contribution in [0.4, 0.5) is 0 Å². The highest BCUT2D eigenvalue weighted by molar-refractivity contribution is 7.89. The molecule has 1 heterocycles. The highest BCUT2D eigenvalue weighted by atomic mass is 32.2. The van der Waals surface area contributed by atoms with E-state index in [4.69, 9.17) is 4.74 Å². The molecule has 2 rings (SSSR count). The molecule has 0 radical (unpaired) electrons. The summed E-state index contributed by atoms with van der Waals surface area (Å²) >= 11 is 0. The fraction of sp³-hybridized carbons (Fsp3) is 0.857. The predicted octanol–water partition coefficient (Wildman–Crippen LogP) is 0.989. The lowest BCUT2D eigenvalue weighted by Crippen LogP contribution is -2.48. The Morgan fingerprint density at radius 1 is 1.23 bits per heavy atom. The summed E-state index contributed by atoms with van der Waals surface area (Å²) in [5.41, 5.74) is -1.03. The van der Waals surface area contributed by atoms with Crippen molar-refractivity contribution in [3.63, 3.8) is 0 Å². The van der Waals surface area contributed by atoms with Crippen LogP contribution < -0.4 is 0 Å². The van der Waals surface area contributed by atoms with Crippen molar-refractivity contribution >= 4 is 22.0 Å². The smallest absolute Gasteiger partial charge is 0.322 e. The molecular weight excluding hydrogens is 310 g/mol. The number of carboxylic acids is 1. The van der Waals surface area contributed by atoms with Gasteiger partial charge >= 0.3 is 11.9 Å². The zero-order valence-corrected chi connectivity index (χ0v) is 13.6. The number of methoxy groups -OCH3 is 1. The molecule has 1 saturated carbocycles. The van der Waals surface area contributed by atoms with E-state index in [0.717, 1.165) is 23.6 Å². The van der Waals surface area contributed by atoms with E-state index in [1.165, 1.54) is 7.11 Å². The van der Waals surface area contributed by atoms with Crippen LogP contribution >= 0.6 is 0 Å². The van der Waals surface area contributed by atoms with E-state index in [0.29, 0.717) is 25.7 Å². The Morgan fingerprint density at radius 2 is 1.86 bits per heavy atom. The van der Waals surface area contributed by atoms with Gasteiger partial charge in [0.15, 0.2) is 0 Å². The fourth-order valence-corrected chi connectivity index (χ4v) is 5.87. The molecule has 2 fully saturated rings. The van der Waals surface area contributed by atoms with Crippen LogP contribution in [0, 0.1) is 5.41 Å². The number of aliphatic carboxylic acids is 1. The van der Waals surface area contributed by atoms with Crippen molar-refractivity contribution in [1.82, 2.24) is 4.31 Å². The highest BCUT2D eigenvalue weighted by Crippen LogP contribution is 2.40. The fourth-order valence-electron chi connectivity index (χ4n) is 3.60. The number of esters is 1. The molecule has 0 unspecified atom stereocenters. The van der Waals surface area contributed by atoms with Gasteiger partial charge in [-0.25, -0.2) is 8.42 Å². The zero-order chi connectivity index (χ0) is 16.4. The molecule has 1 saturated heterocycles. The Kier molecular flexibility index (Phi) is 5.11. The molecule has 0 aromatic heterocycles. The molecule has 126 valence electrons. The summed E-state index contributed by atoms with van der Waals surface area (Å²) in [6.45, 7) is 0.205. The summed E-state index contributed by atoms with van der Waals surface area (Å²) in [4.78, 5) is 23.4. The second kappa shape index (κ2) is 6.54. The quantitative estimate of drug-likeness (QED) is 0.753. The van der Waals surface area contributed by atoms with E-state index in [-0.39, 0.29) is 12.3 Å². The molecule has 1 aliphatic heterocycles. The molecule has 7 nitrogen and oxygen atoms in total. The van der Waals surface area contributed by atoms with Crippen LogP contribution in [-0.2, 0) is 24.3 Å². The van der Waals surface area contributed by atoms with Gasteiger partial charge in [-0.3, -0.25) is 9.59 Å². The van der Waals surface area contributed by atoms with Gasteiger partial charge in [-0.05, 0) is 25.7 Å². The average Bonchev–Trinajstić information content (AvgIpc) is 2.97. The van der Waals surface area contributed by atoms with Crippen LogP contribution in [-0.4, -0.2) is 55.2 Å². The Labute approximate surface area is 130 Å². The van der Waals surface area contributed by atoms with Gasteiger partial charge in [0, 0.05) is 6.54 Å². The number of carboxylic acid groups (broad SMARTS) is 1. The average molecular weight is 333 g/mol. The Hall–Kier alpha value is -1.15. The van der Waals surface area contributed by atoms with E-state index < -0.39 is 33.4 Å². The third-order valence-electron chi connectivity index (χ3n) is 4.73. The number of carbonyl (C=O) groups is 2. The van der Waals surface area contributed by atoms with Gasteiger partial charge in [0.25, 0.3) is 0 Å². The molecule has 1 atom stereocenters. The molecule has 0 amide bonds. The molecule has 0 aromatic carbocycles. The SMILES string of the molecule is COC(=O)C1(CS(=O)(=O)N2CCC[C@@H]2C(=O)O)CCCCC1. The van der Waals surface area contributed by atoms with Crippen LogP contribution in [0.15, 0.2) is 0 Å². The minimum Gasteiger partial charge on any atom is -0.480 e. The van der Waals surface area contributed by atoms with Crippen LogP contribution in [0.3, 0.4) is 0 Å². The summed E-state index contributed by atoms with van der Waals surface area (Å²) < 4.78 is 31.3. The second-order valence-electron chi connectivity index (χ2n) is 6.20. The minimum absolute atomic E-state index is 0.205.